The van der Waals surface area contributed by atoms with Gasteiger partial charge in [0.05, 0.1) is 18.3 Å². The van der Waals surface area contributed by atoms with Crippen LogP contribution in [0.15, 0.2) is 42.5 Å². The fourth-order valence-corrected chi connectivity index (χ4v) is 8.59. The fourth-order valence-electron chi connectivity index (χ4n) is 6.05. The molecule has 1 fully saturated rings. The highest BCUT2D eigenvalue weighted by atomic mass is 28.4. The van der Waals surface area contributed by atoms with Gasteiger partial charge < -0.3 is 39.7 Å². The summed E-state index contributed by atoms with van der Waals surface area (Å²) < 4.78 is 22.3. The van der Waals surface area contributed by atoms with Crippen LogP contribution in [-0.2, 0) is 31.3 Å². The van der Waals surface area contributed by atoms with Crippen molar-refractivity contribution >= 4 is 43.2 Å². The number of hydrogen-bond acceptors (Lipinski definition) is 7. The number of nitrogens with zero attached hydrogens (tertiary/aromatic N) is 1. The van der Waals surface area contributed by atoms with Crippen molar-refractivity contribution in [2.75, 3.05) is 22.1 Å². The molecule has 222 valence electrons. The van der Waals surface area contributed by atoms with Gasteiger partial charge in [0.15, 0.2) is 5.60 Å². The zero-order valence-electron chi connectivity index (χ0n) is 23.8. The summed E-state index contributed by atoms with van der Waals surface area (Å²) in [6.07, 6.45) is -2.91. The molecule has 2 aromatic carbocycles. The van der Waals surface area contributed by atoms with Gasteiger partial charge in [-0.3, -0.25) is 14.4 Å². The summed E-state index contributed by atoms with van der Waals surface area (Å²) in [5.74, 6) is -2.09. The molecule has 0 aliphatic carbocycles. The molecule has 3 amide bonds. The van der Waals surface area contributed by atoms with Gasteiger partial charge in [-0.15, -0.1) is 0 Å². The Bertz CT molecular complexity index is 1310. The number of ether oxygens (including phenoxy) is 1. The van der Waals surface area contributed by atoms with E-state index in [2.05, 4.69) is 10.6 Å². The third kappa shape index (κ3) is 5.79. The number of carbonyl (C=O) groups excluding carboxylic acids is 3. The standard InChI is InChI=1S/C29H38FN3O7Si/c1-16-25(41(4,5)30)24(12-13-34)40-29(16)22-14-21(32-27(38)18(3)36)10-11-23(22)33(28(29)39)15-19-6-8-20(9-7-19)31-26(37)17(2)35/h6-11,14,16-18,24-25,34-36H,12-13,15H2,1-5H3,(H,31,37)(H,32,38)/t16-,17+,18+,24+,25-,29+/m1/s1. The van der Waals surface area contributed by atoms with E-state index in [0.29, 0.717) is 22.6 Å². The van der Waals surface area contributed by atoms with Crippen LogP contribution in [0.3, 0.4) is 0 Å². The molecule has 0 bridgehead atoms. The fraction of sp³-hybridized carbons (Fsp3) is 0.483. The Balaban J connectivity index is 1.75. The smallest absolute Gasteiger partial charge is 0.264 e. The van der Waals surface area contributed by atoms with Crippen molar-refractivity contribution in [3.63, 3.8) is 0 Å². The topological polar surface area (TPSA) is 148 Å². The molecule has 5 N–H and O–H groups in total. The normalized spacial score (nSPS) is 25.2. The predicted octanol–water partition coefficient (Wildman–Crippen LogP) is 3.03. The highest BCUT2D eigenvalue weighted by Crippen LogP contribution is 2.60. The van der Waals surface area contributed by atoms with Gasteiger partial charge in [-0.05, 0) is 69.3 Å². The molecular weight excluding hydrogens is 549 g/mol. The van der Waals surface area contributed by atoms with Gasteiger partial charge in [0.1, 0.15) is 12.2 Å². The van der Waals surface area contributed by atoms with Crippen LogP contribution in [0.5, 0.6) is 0 Å². The number of anilines is 3. The molecule has 1 spiro atoms. The number of hydrogen-bond donors (Lipinski definition) is 5. The summed E-state index contributed by atoms with van der Waals surface area (Å²) in [5.41, 5.74) is 0.522. The lowest BCUT2D eigenvalue weighted by Gasteiger charge is -2.31. The molecule has 2 aliphatic rings. The Hall–Kier alpha value is -3.16. The molecule has 2 aliphatic heterocycles. The third-order valence-electron chi connectivity index (χ3n) is 7.96. The Labute approximate surface area is 239 Å². The monoisotopic (exact) mass is 587 g/mol. The van der Waals surface area contributed by atoms with E-state index in [1.54, 1.807) is 60.5 Å². The molecule has 10 nitrogen and oxygen atoms in total. The van der Waals surface area contributed by atoms with E-state index in [9.17, 15) is 29.7 Å². The van der Waals surface area contributed by atoms with Gasteiger partial charge in [0.25, 0.3) is 17.7 Å². The molecule has 0 saturated carbocycles. The molecule has 41 heavy (non-hydrogen) atoms. The van der Waals surface area contributed by atoms with E-state index < -0.39 is 55.6 Å². The number of benzene rings is 2. The van der Waals surface area contributed by atoms with Crippen LogP contribution in [0.25, 0.3) is 0 Å². The number of fused-ring (bicyclic) bond motifs is 2. The predicted molar refractivity (Wildman–Crippen MR) is 154 cm³/mol. The van der Waals surface area contributed by atoms with Gasteiger partial charge in [-0.25, -0.2) is 0 Å². The second kappa shape index (κ2) is 11.6. The molecule has 12 heteroatoms. The summed E-state index contributed by atoms with van der Waals surface area (Å²) in [6.45, 7) is 7.61. The maximum absolute atomic E-state index is 15.7. The van der Waals surface area contributed by atoms with Crippen molar-refractivity contribution < 1.29 is 38.5 Å². The van der Waals surface area contributed by atoms with Gasteiger partial charge in [-0.1, -0.05) is 19.1 Å². The maximum atomic E-state index is 15.7. The minimum absolute atomic E-state index is 0.152. The van der Waals surface area contributed by atoms with Crippen molar-refractivity contribution in [3.05, 3.63) is 53.6 Å². The lowest BCUT2D eigenvalue weighted by Crippen LogP contribution is -2.45. The van der Waals surface area contributed by atoms with Crippen molar-refractivity contribution in [2.24, 2.45) is 5.92 Å². The first-order valence-electron chi connectivity index (χ1n) is 13.7. The minimum atomic E-state index is -3.37. The quantitative estimate of drug-likeness (QED) is 0.224. The van der Waals surface area contributed by atoms with Crippen LogP contribution in [0, 0.1) is 5.92 Å². The minimum Gasteiger partial charge on any atom is -0.396 e. The first-order chi connectivity index (χ1) is 19.2. The summed E-state index contributed by atoms with van der Waals surface area (Å²) in [6, 6.07) is 11.8. The zero-order chi connectivity index (χ0) is 30.3. The molecule has 6 atom stereocenters. The molecule has 0 radical (unpaired) electrons. The van der Waals surface area contributed by atoms with Crippen molar-refractivity contribution in [1.29, 1.82) is 0 Å². The molecular formula is C29H38FN3O7Si. The summed E-state index contributed by atoms with van der Waals surface area (Å²) in [7, 11) is -3.37. The summed E-state index contributed by atoms with van der Waals surface area (Å²) >= 11 is 0. The second-order valence-corrected chi connectivity index (χ2v) is 15.2. The molecule has 1 saturated heterocycles. The van der Waals surface area contributed by atoms with Crippen molar-refractivity contribution in [3.8, 4) is 0 Å². The highest BCUT2D eigenvalue weighted by molar-refractivity contribution is 6.72. The average Bonchev–Trinajstić information content (AvgIpc) is 3.31. The van der Waals surface area contributed by atoms with Crippen LogP contribution >= 0.6 is 0 Å². The van der Waals surface area contributed by atoms with E-state index in [1.165, 1.54) is 13.8 Å². The van der Waals surface area contributed by atoms with Crippen LogP contribution in [-0.4, -0.2) is 66.4 Å². The third-order valence-corrected chi connectivity index (χ3v) is 10.4. The summed E-state index contributed by atoms with van der Waals surface area (Å²) in [4.78, 5) is 40.0. The van der Waals surface area contributed by atoms with Gasteiger partial charge in [0.2, 0.25) is 8.41 Å². The van der Waals surface area contributed by atoms with E-state index in [-0.39, 0.29) is 25.5 Å². The van der Waals surface area contributed by atoms with Crippen LogP contribution < -0.4 is 15.5 Å². The lowest BCUT2D eigenvalue weighted by molar-refractivity contribution is -0.146. The van der Waals surface area contributed by atoms with Crippen LogP contribution in [0.2, 0.25) is 18.6 Å². The Morgan fingerprint density at radius 2 is 1.61 bits per heavy atom. The largest absolute Gasteiger partial charge is 0.396 e. The SMILES string of the molecule is C[C@H](O)C(=O)Nc1ccc(CN2C(=O)[C@@]3(O[C@@H](CCO)[C@H]([Si](C)(C)F)[C@H]3C)c3cc(NC(=O)[C@H](C)O)ccc32)cc1. The van der Waals surface area contributed by atoms with Crippen molar-refractivity contribution in [2.45, 2.75) is 76.3 Å². The Morgan fingerprint density at radius 1 is 1.05 bits per heavy atom. The van der Waals surface area contributed by atoms with E-state index in [4.69, 9.17) is 4.74 Å². The van der Waals surface area contributed by atoms with Crippen LogP contribution in [0.1, 0.15) is 38.3 Å². The Morgan fingerprint density at radius 3 is 2.15 bits per heavy atom. The number of aliphatic hydroxyl groups is 3. The van der Waals surface area contributed by atoms with E-state index >= 15 is 4.11 Å². The zero-order valence-corrected chi connectivity index (χ0v) is 24.8. The molecule has 0 aromatic heterocycles. The number of halogens is 1. The first-order valence-corrected chi connectivity index (χ1v) is 16.7. The maximum Gasteiger partial charge on any atom is 0.264 e. The van der Waals surface area contributed by atoms with E-state index in [0.717, 1.165) is 5.56 Å². The second-order valence-electron chi connectivity index (χ2n) is 11.4. The van der Waals surface area contributed by atoms with Crippen LogP contribution in [0.4, 0.5) is 21.2 Å². The number of carbonyl (C=O) groups is 3. The first kappa shape index (κ1) is 30.8. The van der Waals surface area contributed by atoms with Gasteiger partial charge >= 0.3 is 0 Å². The molecule has 2 aromatic rings. The summed E-state index contributed by atoms with van der Waals surface area (Å²) in [5, 5.41) is 34.1. The lowest BCUT2D eigenvalue weighted by atomic mass is 9.82. The molecule has 2 heterocycles. The molecule has 0 unspecified atom stereocenters. The average molecular weight is 588 g/mol. The number of rotatable bonds is 9. The van der Waals surface area contributed by atoms with Gasteiger partial charge in [0, 0.05) is 35.0 Å². The number of aliphatic hydroxyl groups excluding tert-OH is 3. The van der Waals surface area contributed by atoms with Crippen molar-refractivity contribution in [1.82, 2.24) is 0 Å². The van der Waals surface area contributed by atoms with Gasteiger partial charge in [-0.2, -0.15) is 0 Å². The van der Waals surface area contributed by atoms with E-state index in [1.807, 2.05) is 6.92 Å². The Kier molecular flexibility index (Phi) is 8.72. The highest BCUT2D eigenvalue weighted by Gasteiger charge is 2.66. The molecule has 4 rings (SSSR count). The number of amides is 3. The number of nitrogens with one attached hydrogen (secondary N) is 2.